The number of esters is 1. The second-order valence-corrected chi connectivity index (χ2v) is 3.79. The Bertz CT molecular complexity index is 451. The summed E-state index contributed by atoms with van der Waals surface area (Å²) in [6.45, 7) is 1.81. The summed E-state index contributed by atoms with van der Waals surface area (Å²) < 4.78 is 4.48. The van der Waals surface area contributed by atoms with E-state index in [0.29, 0.717) is 24.2 Å². The van der Waals surface area contributed by atoms with E-state index in [9.17, 15) is 14.4 Å². The molecule has 1 rings (SSSR count). The summed E-state index contributed by atoms with van der Waals surface area (Å²) in [6, 6.07) is 1.50. The van der Waals surface area contributed by atoms with Crippen LogP contribution in [0.3, 0.4) is 0 Å². The monoisotopic (exact) mass is 252 g/mol. The van der Waals surface area contributed by atoms with Crippen LogP contribution in [-0.2, 0) is 9.53 Å². The van der Waals surface area contributed by atoms with Gasteiger partial charge in [-0.15, -0.1) is 0 Å². The van der Waals surface area contributed by atoms with Crippen molar-refractivity contribution in [3.63, 3.8) is 0 Å². The Kier molecular flexibility index (Phi) is 5.10. The molecule has 0 aliphatic rings. The van der Waals surface area contributed by atoms with Gasteiger partial charge in [-0.05, 0) is 19.4 Å². The standard InChI is InChI=1S/C12H16N2O4/c1-8(15)9-6-10(14-7-9)12(17)13-5-3-4-11(16)18-2/h6-7,14H,3-5H2,1-2H3,(H,13,17). The molecule has 0 fully saturated rings. The van der Waals surface area contributed by atoms with Gasteiger partial charge in [0, 0.05) is 24.7 Å². The van der Waals surface area contributed by atoms with Gasteiger partial charge in [0.1, 0.15) is 5.69 Å². The third-order valence-corrected chi connectivity index (χ3v) is 2.41. The Morgan fingerprint density at radius 1 is 1.39 bits per heavy atom. The molecule has 1 aromatic rings. The summed E-state index contributed by atoms with van der Waals surface area (Å²) in [4.78, 5) is 36.2. The molecule has 0 saturated heterocycles. The van der Waals surface area contributed by atoms with Crippen molar-refractivity contribution in [3.05, 3.63) is 23.5 Å². The third kappa shape index (κ3) is 4.04. The van der Waals surface area contributed by atoms with Crippen molar-refractivity contribution in [1.29, 1.82) is 0 Å². The first-order valence-electron chi connectivity index (χ1n) is 5.59. The average Bonchev–Trinajstić information content (AvgIpc) is 2.83. The van der Waals surface area contributed by atoms with Crippen LogP contribution in [0.5, 0.6) is 0 Å². The van der Waals surface area contributed by atoms with E-state index >= 15 is 0 Å². The van der Waals surface area contributed by atoms with Gasteiger partial charge in [-0.3, -0.25) is 14.4 Å². The number of hydrogen-bond donors (Lipinski definition) is 2. The first-order chi connectivity index (χ1) is 8.54. The van der Waals surface area contributed by atoms with Crippen LogP contribution in [0.15, 0.2) is 12.3 Å². The number of aromatic nitrogens is 1. The fourth-order valence-corrected chi connectivity index (χ4v) is 1.36. The molecule has 0 aromatic carbocycles. The molecule has 0 saturated carbocycles. The van der Waals surface area contributed by atoms with Gasteiger partial charge in [0.25, 0.3) is 5.91 Å². The highest BCUT2D eigenvalue weighted by atomic mass is 16.5. The quantitative estimate of drug-likeness (QED) is 0.447. The Morgan fingerprint density at radius 3 is 2.67 bits per heavy atom. The summed E-state index contributed by atoms with van der Waals surface area (Å²) >= 11 is 0. The smallest absolute Gasteiger partial charge is 0.305 e. The summed E-state index contributed by atoms with van der Waals surface area (Å²) in [5.41, 5.74) is 0.799. The molecule has 2 N–H and O–H groups in total. The maximum absolute atomic E-state index is 11.6. The van der Waals surface area contributed by atoms with E-state index in [2.05, 4.69) is 15.0 Å². The molecule has 0 atom stereocenters. The van der Waals surface area contributed by atoms with Gasteiger partial charge >= 0.3 is 5.97 Å². The highest BCUT2D eigenvalue weighted by molar-refractivity contribution is 5.99. The zero-order valence-corrected chi connectivity index (χ0v) is 10.4. The first kappa shape index (κ1) is 14.0. The van der Waals surface area contributed by atoms with Gasteiger partial charge < -0.3 is 15.0 Å². The van der Waals surface area contributed by atoms with E-state index < -0.39 is 0 Å². The molecular weight excluding hydrogens is 236 g/mol. The fraction of sp³-hybridized carbons (Fsp3) is 0.417. The van der Waals surface area contributed by atoms with Crippen molar-refractivity contribution in [3.8, 4) is 0 Å². The second kappa shape index (κ2) is 6.58. The van der Waals surface area contributed by atoms with Gasteiger partial charge in [0.2, 0.25) is 0 Å². The second-order valence-electron chi connectivity index (χ2n) is 3.79. The molecular formula is C12H16N2O4. The maximum atomic E-state index is 11.6. The topological polar surface area (TPSA) is 88.3 Å². The van der Waals surface area contributed by atoms with E-state index in [1.54, 1.807) is 0 Å². The average molecular weight is 252 g/mol. The molecule has 6 heteroatoms. The number of H-pyrrole nitrogens is 1. The summed E-state index contributed by atoms with van der Waals surface area (Å²) in [5.74, 6) is -0.702. The molecule has 0 bridgehead atoms. The van der Waals surface area contributed by atoms with Gasteiger partial charge in [0.05, 0.1) is 7.11 Å². The number of ketones is 1. The van der Waals surface area contributed by atoms with Crippen molar-refractivity contribution in [2.45, 2.75) is 19.8 Å². The van der Waals surface area contributed by atoms with Gasteiger partial charge in [-0.1, -0.05) is 0 Å². The summed E-state index contributed by atoms with van der Waals surface area (Å²) in [5, 5.41) is 2.64. The lowest BCUT2D eigenvalue weighted by Crippen LogP contribution is -2.25. The number of carbonyl (C=O) groups is 3. The van der Waals surface area contributed by atoms with Gasteiger partial charge in [-0.25, -0.2) is 0 Å². The van der Waals surface area contributed by atoms with Crippen LogP contribution >= 0.6 is 0 Å². The predicted octanol–water partition coefficient (Wildman–Crippen LogP) is 0.900. The molecule has 1 amide bonds. The maximum Gasteiger partial charge on any atom is 0.305 e. The number of nitrogens with one attached hydrogen (secondary N) is 2. The van der Waals surface area contributed by atoms with Crippen LogP contribution in [0.25, 0.3) is 0 Å². The lowest BCUT2D eigenvalue weighted by molar-refractivity contribution is -0.140. The van der Waals surface area contributed by atoms with Crippen molar-refractivity contribution < 1.29 is 19.1 Å². The van der Waals surface area contributed by atoms with Crippen LogP contribution in [0.2, 0.25) is 0 Å². The highest BCUT2D eigenvalue weighted by Gasteiger charge is 2.10. The number of aromatic amines is 1. The molecule has 0 aliphatic carbocycles. The molecule has 1 aromatic heterocycles. The van der Waals surface area contributed by atoms with Crippen LogP contribution in [0.4, 0.5) is 0 Å². The van der Waals surface area contributed by atoms with Crippen molar-refractivity contribution in [1.82, 2.24) is 10.3 Å². The SMILES string of the molecule is COC(=O)CCCNC(=O)c1cc(C(C)=O)c[nH]1. The molecule has 1 heterocycles. The van der Waals surface area contributed by atoms with Gasteiger partial charge in [0.15, 0.2) is 5.78 Å². The Morgan fingerprint density at radius 2 is 2.11 bits per heavy atom. The van der Waals surface area contributed by atoms with Crippen LogP contribution < -0.4 is 5.32 Å². The van der Waals surface area contributed by atoms with E-state index in [1.807, 2.05) is 0 Å². The van der Waals surface area contributed by atoms with Crippen LogP contribution in [0, 0.1) is 0 Å². The number of methoxy groups -OCH3 is 1. The van der Waals surface area contributed by atoms with Gasteiger partial charge in [-0.2, -0.15) is 0 Å². The molecule has 0 aliphatic heterocycles. The first-order valence-corrected chi connectivity index (χ1v) is 5.59. The normalized spacial score (nSPS) is 9.89. The molecule has 0 spiro atoms. The molecule has 6 nitrogen and oxygen atoms in total. The molecule has 18 heavy (non-hydrogen) atoms. The zero-order valence-electron chi connectivity index (χ0n) is 10.4. The predicted molar refractivity (Wildman–Crippen MR) is 64.4 cm³/mol. The van der Waals surface area contributed by atoms with Crippen molar-refractivity contribution >= 4 is 17.7 Å². The highest BCUT2D eigenvalue weighted by Crippen LogP contribution is 2.04. The van der Waals surface area contributed by atoms with E-state index in [4.69, 9.17) is 0 Å². The van der Waals surface area contributed by atoms with Crippen molar-refractivity contribution in [2.24, 2.45) is 0 Å². The lowest BCUT2D eigenvalue weighted by Gasteiger charge is -2.02. The largest absolute Gasteiger partial charge is 0.469 e. The minimum absolute atomic E-state index is 0.101. The number of Topliss-reactive ketones (excluding diaryl/α,β-unsaturated/α-hetero) is 1. The van der Waals surface area contributed by atoms with E-state index in [-0.39, 0.29) is 24.1 Å². The van der Waals surface area contributed by atoms with E-state index in [0.717, 1.165) is 0 Å². The third-order valence-electron chi connectivity index (χ3n) is 2.41. The van der Waals surface area contributed by atoms with Crippen LogP contribution in [-0.4, -0.2) is 36.3 Å². The number of carbonyl (C=O) groups excluding carboxylic acids is 3. The fourth-order valence-electron chi connectivity index (χ4n) is 1.36. The summed E-state index contributed by atoms with van der Waals surface area (Å²) in [6.07, 6.45) is 2.27. The number of rotatable bonds is 6. The molecule has 0 unspecified atom stereocenters. The number of ether oxygens (including phenoxy) is 1. The summed E-state index contributed by atoms with van der Waals surface area (Å²) in [7, 11) is 1.32. The number of hydrogen-bond acceptors (Lipinski definition) is 4. The Hall–Kier alpha value is -2.11. The Labute approximate surface area is 105 Å². The van der Waals surface area contributed by atoms with E-state index in [1.165, 1.54) is 26.3 Å². The number of amides is 1. The Balaban J connectivity index is 2.36. The zero-order chi connectivity index (χ0) is 13.5. The molecule has 98 valence electrons. The van der Waals surface area contributed by atoms with Crippen molar-refractivity contribution in [2.75, 3.05) is 13.7 Å². The molecule has 0 radical (unpaired) electrons. The minimum Gasteiger partial charge on any atom is -0.469 e. The van der Waals surface area contributed by atoms with Crippen LogP contribution in [0.1, 0.15) is 40.6 Å². The lowest BCUT2D eigenvalue weighted by atomic mass is 10.2. The minimum atomic E-state index is -0.303.